The number of aryl methyl sites for hydroxylation is 1. The Labute approximate surface area is 58.8 Å². The molecule has 1 aromatic rings. The number of fused-ring (bicyclic) bond motifs is 1. The van der Waals surface area contributed by atoms with E-state index in [1.54, 1.807) is 0 Å². The lowest BCUT2D eigenvalue weighted by atomic mass is 10.2. The summed E-state index contributed by atoms with van der Waals surface area (Å²) in [5.41, 5.74) is 3.06. The Morgan fingerprint density at radius 2 is 2.40 bits per heavy atom. The molecule has 2 rings (SSSR count). The fourth-order valence-electron chi connectivity index (χ4n) is 0.969. The molecule has 0 fully saturated rings. The molecular weight excluding hydrogens is 126 g/mol. The van der Waals surface area contributed by atoms with Gasteiger partial charge in [0.05, 0.1) is 5.69 Å². The van der Waals surface area contributed by atoms with E-state index in [1.165, 1.54) is 0 Å². The van der Waals surface area contributed by atoms with Crippen molar-refractivity contribution in [3.05, 3.63) is 23.5 Å². The van der Waals surface area contributed by atoms with Crippen molar-refractivity contribution in [2.24, 2.45) is 10.2 Å². The van der Waals surface area contributed by atoms with Crippen molar-refractivity contribution in [3.8, 4) is 0 Å². The largest absolute Gasteiger partial charge is 0.257 e. The molecule has 0 amide bonds. The molecule has 0 saturated heterocycles. The molecule has 2 heterocycles. The van der Waals surface area contributed by atoms with Crippen LogP contribution in [-0.4, -0.2) is 4.98 Å². The van der Waals surface area contributed by atoms with Crippen molar-refractivity contribution < 1.29 is 0 Å². The van der Waals surface area contributed by atoms with E-state index >= 15 is 0 Å². The van der Waals surface area contributed by atoms with Gasteiger partial charge in [0.2, 0.25) is 0 Å². The number of azo groups is 1. The number of pyridine rings is 1. The van der Waals surface area contributed by atoms with Gasteiger partial charge in [0, 0.05) is 6.20 Å². The van der Waals surface area contributed by atoms with Crippen LogP contribution in [-0.2, 0) is 6.54 Å². The van der Waals surface area contributed by atoms with Gasteiger partial charge in [-0.25, -0.2) is 0 Å². The van der Waals surface area contributed by atoms with Crippen LogP contribution in [0.5, 0.6) is 0 Å². The third-order valence-electron chi connectivity index (χ3n) is 1.48. The lowest BCUT2D eigenvalue weighted by Crippen LogP contribution is -1.83. The molecule has 3 nitrogen and oxygen atoms in total. The monoisotopic (exact) mass is 133 g/mol. The van der Waals surface area contributed by atoms with Gasteiger partial charge in [-0.2, -0.15) is 10.2 Å². The Kier molecular flexibility index (Phi) is 1.03. The highest BCUT2D eigenvalue weighted by molar-refractivity contribution is 5.44. The first kappa shape index (κ1) is 5.53. The Morgan fingerprint density at radius 1 is 1.50 bits per heavy atom. The van der Waals surface area contributed by atoms with Crippen LogP contribution in [0.4, 0.5) is 5.69 Å². The van der Waals surface area contributed by atoms with Crippen molar-refractivity contribution in [2.45, 2.75) is 13.5 Å². The van der Waals surface area contributed by atoms with E-state index in [0.717, 1.165) is 16.9 Å². The predicted octanol–water partition coefficient (Wildman–Crippen LogP) is 1.99. The molecule has 50 valence electrons. The van der Waals surface area contributed by atoms with Gasteiger partial charge in [-0.05, 0) is 18.6 Å². The van der Waals surface area contributed by atoms with Crippen LogP contribution in [0.15, 0.2) is 22.5 Å². The topological polar surface area (TPSA) is 37.6 Å². The normalized spacial score (nSPS) is 13.7. The minimum absolute atomic E-state index is 0.648. The summed E-state index contributed by atoms with van der Waals surface area (Å²) in [6.07, 6.45) is 1.84. The molecule has 0 spiro atoms. The fourth-order valence-corrected chi connectivity index (χ4v) is 0.969. The van der Waals surface area contributed by atoms with Crippen LogP contribution in [0.3, 0.4) is 0 Å². The summed E-state index contributed by atoms with van der Waals surface area (Å²) in [6.45, 7) is 2.65. The van der Waals surface area contributed by atoms with E-state index in [0.29, 0.717) is 6.54 Å². The third-order valence-corrected chi connectivity index (χ3v) is 1.48. The van der Waals surface area contributed by atoms with E-state index in [4.69, 9.17) is 0 Å². The van der Waals surface area contributed by atoms with Crippen LogP contribution in [0, 0.1) is 6.92 Å². The summed E-state index contributed by atoms with van der Waals surface area (Å²) in [5, 5.41) is 7.78. The summed E-state index contributed by atoms with van der Waals surface area (Å²) in [6, 6.07) is 2.00. The maximum Gasteiger partial charge on any atom is 0.109 e. The SMILES string of the molecule is Cc1cnc2c(c1)N=NC2. The van der Waals surface area contributed by atoms with E-state index in [9.17, 15) is 0 Å². The highest BCUT2D eigenvalue weighted by Gasteiger charge is 2.07. The highest BCUT2D eigenvalue weighted by Crippen LogP contribution is 2.24. The molecule has 0 bridgehead atoms. The van der Waals surface area contributed by atoms with Crippen molar-refractivity contribution in [1.82, 2.24) is 4.98 Å². The summed E-state index contributed by atoms with van der Waals surface area (Å²) in [7, 11) is 0. The molecule has 1 aliphatic rings. The zero-order valence-electron chi connectivity index (χ0n) is 5.70. The van der Waals surface area contributed by atoms with Crippen LogP contribution >= 0.6 is 0 Å². The highest BCUT2D eigenvalue weighted by atomic mass is 15.1. The smallest absolute Gasteiger partial charge is 0.109 e. The Bertz CT molecular complexity index is 291. The van der Waals surface area contributed by atoms with Gasteiger partial charge in [-0.1, -0.05) is 0 Å². The molecule has 1 aliphatic heterocycles. The quantitative estimate of drug-likeness (QED) is 0.533. The van der Waals surface area contributed by atoms with Crippen molar-refractivity contribution >= 4 is 5.69 Å². The molecule has 0 saturated carbocycles. The van der Waals surface area contributed by atoms with Gasteiger partial charge < -0.3 is 0 Å². The van der Waals surface area contributed by atoms with E-state index in [1.807, 2.05) is 19.2 Å². The molecule has 1 aromatic heterocycles. The molecule has 0 radical (unpaired) electrons. The summed E-state index contributed by atoms with van der Waals surface area (Å²) < 4.78 is 0. The van der Waals surface area contributed by atoms with E-state index in [-0.39, 0.29) is 0 Å². The zero-order chi connectivity index (χ0) is 6.97. The first-order valence-corrected chi connectivity index (χ1v) is 3.19. The Hall–Kier alpha value is -1.25. The minimum atomic E-state index is 0.648. The minimum Gasteiger partial charge on any atom is -0.257 e. The number of nitrogens with zero attached hydrogens (tertiary/aromatic N) is 3. The van der Waals surface area contributed by atoms with Gasteiger partial charge in [-0.3, -0.25) is 4.98 Å². The maximum absolute atomic E-state index is 4.17. The molecule has 10 heavy (non-hydrogen) atoms. The molecule has 0 aliphatic carbocycles. The van der Waals surface area contributed by atoms with Gasteiger partial charge in [0.1, 0.15) is 12.2 Å². The number of hydrogen-bond donors (Lipinski definition) is 0. The average molecular weight is 133 g/mol. The Balaban J connectivity index is 2.60. The van der Waals surface area contributed by atoms with E-state index in [2.05, 4.69) is 15.2 Å². The van der Waals surface area contributed by atoms with Gasteiger partial charge in [-0.15, -0.1) is 0 Å². The first-order chi connectivity index (χ1) is 4.86. The number of aromatic nitrogens is 1. The standard InChI is InChI=1S/C7H7N3/c1-5-2-6-7(8-3-5)4-9-10-6/h2-3H,4H2,1H3. The van der Waals surface area contributed by atoms with Crippen molar-refractivity contribution in [1.29, 1.82) is 0 Å². The van der Waals surface area contributed by atoms with Gasteiger partial charge in [0.15, 0.2) is 0 Å². The summed E-state index contributed by atoms with van der Waals surface area (Å²) in [4.78, 5) is 4.17. The van der Waals surface area contributed by atoms with Crippen molar-refractivity contribution in [2.75, 3.05) is 0 Å². The molecule has 3 heteroatoms. The summed E-state index contributed by atoms with van der Waals surface area (Å²) >= 11 is 0. The zero-order valence-corrected chi connectivity index (χ0v) is 5.70. The third kappa shape index (κ3) is 0.708. The molecule has 0 unspecified atom stereocenters. The molecule has 0 atom stereocenters. The van der Waals surface area contributed by atoms with E-state index < -0.39 is 0 Å². The average Bonchev–Trinajstić information content (AvgIpc) is 2.33. The maximum atomic E-state index is 4.17. The van der Waals surface area contributed by atoms with Crippen LogP contribution < -0.4 is 0 Å². The first-order valence-electron chi connectivity index (χ1n) is 3.19. The fraction of sp³-hybridized carbons (Fsp3) is 0.286. The van der Waals surface area contributed by atoms with Crippen molar-refractivity contribution in [3.63, 3.8) is 0 Å². The molecule has 0 aromatic carbocycles. The second kappa shape index (κ2) is 1.87. The van der Waals surface area contributed by atoms with Gasteiger partial charge >= 0.3 is 0 Å². The Morgan fingerprint density at radius 3 is 3.30 bits per heavy atom. The van der Waals surface area contributed by atoms with Gasteiger partial charge in [0.25, 0.3) is 0 Å². The second-order valence-electron chi connectivity index (χ2n) is 2.38. The lowest BCUT2D eigenvalue weighted by Gasteiger charge is -1.93. The number of rotatable bonds is 0. The molecule has 0 N–H and O–H groups in total. The second-order valence-corrected chi connectivity index (χ2v) is 2.38. The molecular formula is C7H7N3. The predicted molar refractivity (Wildman–Crippen MR) is 37.2 cm³/mol. The number of hydrogen-bond acceptors (Lipinski definition) is 3. The van der Waals surface area contributed by atoms with Crippen LogP contribution in [0.25, 0.3) is 0 Å². The lowest BCUT2D eigenvalue weighted by molar-refractivity contribution is 0.994. The van der Waals surface area contributed by atoms with Crippen LogP contribution in [0.1, 0.15) is 11.3 Å². The van der Waals surface area contributed by atoms with Crippen LogP contribution in [0.2, 0.25) is 0 Å². The summed E-state index contributed by atoms with van der Waals surface area (Å²) in [5.74, 6) is 0.